The number of aromatic nitrogens is 1. The van der Waals surface area contributed by atoms with Crippen LogP contribution in [0, 0.1) is 0 Å². The monoisotopic (exact) mass is 329 g/mol. The zero-order valence-electron chi connectivity index (χ0n) is 13.8. The third-order valence-corrected chi connectivity index (χ3v) is 3.56. The molecular weight excluding hydrogens is 310 g/mol. The molecule has 0 spiro atoms. The lowest BCUT2D eigenvalue weighted by molar-refractivity contribution is -0.144. The van der Waals surface area contributed by atoms with Gasteiger partial charge in [-0.05, 0) is 29.8 Å². The minimum absolute atomic E-state index is 0.126. The largest absolute Gasteiger partial charge is 0.467 e. The van der Waals surface area contributed by atoms with Crippen molar-refractivity contribution < 1.29 is 23.9 Å². The fourth-order valence-corrected chi connectivity index (χ4v) is 2.48. The predicted molar refractivity (Wildman–Crippen MR) is 86.9 cm³/mol. The maximum absolute atomic E-state index is 12.2. The van der Waals surface area contributed by atoms with Gasteiger partial charge in [0.25, 0.3) is 0 Å². The summed E-state index contributed by atoms with van der Waals surface area (Å²) in [7, 11) is 1.32. The minimum atomic E-state index is -0.650. The number of hydrogen-bond acceptors (Lipinski definition) is 5. The van der Waals surface area contributed by atoms with Gasteiger partial charge >= 0.3 is 11.9 Å². The number of Topliss-reactive ketones (excluding diaryl/α,β-unsaturated/α-hetero) is 1. The number of hydrogen-bond donors (Lipinski definition) is 0. The van der Waals surface area contributed by atoms with E-state index < -0.39 is 18.0 Å². The number of ether oxygens (including phenoxy) is 2. The van der Waals surface area contributed by atoms with Crippen molar-refractivity contribution in [3.8, 4) is 5.75 Å². The van der Waals surface area contributed by atoms with E-state index in [0.717, 1.165) is 5.56 Å². The van der Waals surface area contributed by atoms with Crippen LogP contribution in [0.25, 0.3) is 0 Å². The molecule has 1 heterocycles. The molecule has 126 valence electrons. The number of rotatable bonds is 6. The van der Waals surface area contributed by atoms with E-state index >= 15 is 0 Å². The van der Waals surface area contributed by atoms with Gasteiger partial charge in [-0.2, -0.15) is 0 Å². The maximum Gasteiger partial charge on any atom is 0.329 e. The van der Waals surface area contributed by atoms with Crippen LogP contribution in [0.15, 0.2) is 42.6 Å². The highest BCUT2D eigenvalue weighted by Gasteiger charge is 2.24. The Morgan fingerprint density at radius 2 is 1.75 bits per heavy atom. The average Bonchev–Trinajstić information content (AvgIpc) is 3.02. The van der Waals surface area contributed by atoms with Gasteiger partial charge in [-0.15, -0.1) is 0 Å². The van der Waals surface area contributed by atoms with E-state index in [0.29, 0.717) is 17.9 Å². The molecule has 0 fully saturated rings. The summed E-state index contributed by atoms with van der Waals surface area (Å²) in [5.74, 6) is -0.517. The van der Waals surface area contributed by atoms with Gasteiger partial charge in [0.05, 0.1) is 12.8 Å². The quantitative estimate of drug-likeness (QED) is 0.462. The van der Waals surface area contributed by atoms with Crippen LogP contribution in [0.4, 0.5) is 0 Å². The number of esters is 2. The topological polar surface area (TPSA) is 74.6 Å². The van der Waals surface area contributed by atoms with Crippen LogP contribution in [0.1, 0.15) is 35.9 Å². The average molecular weight is 329 g/mol. The number of ketones is 1. The molecule has 0 aliphatic carbocycles. The second-order valence-electron chi connectivity index (χ2n) is 5.34. The Morgan fingerprint density at radius 1 is 1.08 bits per heavy atom. The van der Waals surface area contributed by atoms with Crippen molar-refractivity contribution >= 4 is 17.7 Å². The first-order valence-electron chi connectivity index (χ1n) is 7.45. The molecule has 0 N–H and O–H groups in total. The molecule has 0 saturated carbocycles. The van der Waals surface area contributed by atoms with Crippen LogP contribution >= 0.6 is 0 Å². The second kappa shape index (κ2) is 7.59. The molecule has 6 nitrogen and oxygen atoms in total. The highest BCUT2D eigenvalue weighted by molar-refractivity contribution is 5.93. The fourth-order valence-electron chi connectivity index (χ4n) is 2.48. The van der Waals surface area contributed by atoms with Gasteiger partial charge in [-0.1, -0.05) is 12.1 Å². The van der Waals surface area contributed by atoms with Crippen molar-refractivity contribution in [2.45, 2.75) is 26.3 Å². The van der Waals surface area contributed by atoms with Crippen LogP contribution < -0.4 is 4.74 Å². The molecule has 24 heavy (non-hydrogen) atoms. The fraction of sp³-hybridized carbons (Fsp3) is 0.278. The lowest BCUT2D eigenvalue weighted by Crippen LogP contribution is -2.25. The standard InChI is InChI=1S/C18H19NO5/c1-12(20)16-5-4-10-19(16)17(18(22)23-3)11-14-6-8-15(9-7-14)24-13(2)21/h4-10,17H,11H2,1-3H3. The molecule has 0 aliphatic rings. The summed E-state index contributed by atoms with van der Waals surface area (Å²) >= 11 is 0. The maximum atomic E-state index is 12.2. The molecule has 6 heteroatoms. The third-order valence-electron chi connectivity index (χ3n) is 3.56. The lowest BCUT2D eigenvalue weighted by Gasteiger charge is -2.19. The molecule has 2 rings (SSSR count). The summed E-state index contributed by atoms with van der Waals surface area (Å²) in [5, 5.41) is 0. The van der Waals surface area contributed by atoms with E-state index in [1.165, 1.54) is 21.0 Å². The smallest absolute Gasteiger partial charge is 0.329 e. The van der Waals surface area contributed by atoms with Crippen molar-refractivity contribution in [3.05, 3.63) is 53.9 Å². The van der Waals surface area contributed by atoms with Crippen molar-refractivity contribution in [1.29, 1.82) is 0 Å². The van der Waals surface area contributed by atoms with Crippen LogP contribution in [-0.4, -0.2) is 29.4 Å². The van der Waals surface area contributed by atoms with Crippen molar-refractivity contribution in [1.82, 2.24) is 4.57 Å². The molecule has 2 aromatic rings. The summed E-state index contributed by atoms with van der Waals surface area (Å²) in [6.45, 7) is 2.78. The van der Waals surface area contributed by atoms with Crippen molar-refractivity contribution in [3.63, 3.8) is 0 Å². The molecule has 0 saturated heterocycles. The summed E-state index contributed by atoms with van der Waals surface area (Å²) < 4.78 is 11.5. The molecule has 1 aromatic heterocycles. The first-order valence-corrected chi connectivity index (χ1v) is 7.45. The third kappa shape index (κ3) is 4.10. The summed E-state index contributed by atoms with van der Waals surface area (Å²) in [6.07, 6.45) is 2.04. The summed E-state index contributed by atoms with van der Waals surface area (Å²) in [5.41, 5.74) is 1.30. The van der Waals surface area contributed by atoms with E-state index in [-0.39, 0.29) is 5.78 Å². The van der Waals surface area contributed by atoms with Gasteiger partial charge in [-0.3, -0.25) is 9.59 Å². The molecular formula is C18H19NO5. The first kappa shape index (κ1) is 17.5. The summed E-state index contributed by atoms with van der Waals surface area (Å²) in [6, 6.07) is 9.59. The highest BCUT2D eigenvalue weighted by Crippen LogP contribution is 2.21. The summed E-state index contributed by atoms with van der Waals surface area (Å²) in [4.78, 5) is 34.8. The molecule has 1 unspecified atom stereocenters. The Kier molecular flexibility index (Phi) is 5.52. The van der Waals surface area contributed by atoms with Gasteiger partial charge in [0.2, 0.25) is 0 Å². The van der Waals surface area contributed by atoms with Gasteiger partial charge in [0, 0.05) is 26.5 Å². The van der Waals surface area contributed by atoms with E-state index in [2.05, 4.69) is 0 Å². The van der Waals surface area contributed by atoms with Crippen LogP contribution in [0.2, 0.25) is 0 Å². The Labute approximate surface area is 140 Å². The highest BCUT2D eigenvalue weighted by atomic mass is 16.5. The predicted octanol–water partition coefficient (Wildman–Crippen LogP) is 2.57. The van der Waals surface area contributed by atoms with Crippen molar-refractivity contribution in [2.24, 2.45) is 0 Å². The van der Waals surface area contributed by atoms with Crippen LogP contribution in [0.3, 0.4) is 0 Å². The SMILES string of the molecule is COC(=O)C(Cc1ccc(OC(C)=O)cc1)n1cccc1C(C)=O. The first-order chi connectivity index (χ1) is 11.4. The molecule has 1 atom stereocenters. The Morgan fingerprint density at radius 3 is 2.29 bits per heavy atom. The van der Waals surface area contributed by atoms with E-state index in [4.69, 9.17) is 9.47 Å². The number of methoxy groups -OCH3 is 1. The second-order valence-corrected chi connectivity index (χ2v) is 5.34. The number of carbonyl (C=O) groups is 3. The zero-order valence-corrected chi connectivity index (χ0v) is 13.8. The number of benzene rings is 1. The van der Waals surface area contributed by atoms with Crippen LogP contribution in [-0.2, 0) is 20.7 Å². The Hall–Kier alpha value is -2.89. The molecule has 1 aromatic carbocycles. The molecule has 0 radical (unpaired) electrons. The van der Waals surface area contributed by atoms with E-state index in [1.54, 1.807) is 47.2 Å². The van der Waals surface area contributed by atoms with E-state index in [1.807, 2.05) is 0 Å². The normalized spacial score (nSPS) is 11.6. The van der Waals surface area contributed by atoms with Crippen molar-refractivity contribution in [2.75, 3.05) is 7.11 Å². The van der Waals surface area contributed by atoms with Gasteiger partial charge < -0.3 is 14.0 Å². The number of carbonyl (C=O) groups excluding carboxylic acids is 3. The van der Waals surface area contributed by atoms with Crippen LogP contribution in [0.5, 0.6) is 5.75 Å². The van der Waals surface area contributed by atoms with E-state index in [9.17, 15) is 14.4 Å². The Balaban J connectivity index is 2.26. The van der Waals surface area contributed by atoms with Gasteiger partial charge in [0.15, 0.2) is 5.78 Å². The van der Waals surface area contributed by atoms with Gasteiger partial charge in [-0.25, -0.2) is 4.79 Å². The molecule has 0 amide bonds. The zero-order chi connectivity index (χ0) is 17.7. The van der Waals surface area contributed by atoms with Gasteiger partial charge in [0.1, 0.15) is 11.8 Å². The minimum Gasteiger partial charge on any atom is -0.467 e. The molecule has 0 aliphatic heterocycles. The number of nitrogens with zero attached hydrogens (tertiary/aromatic N) is 1. The molecule has 0 bridgehead atoms. The lowest BCUT2D eigenvalue weighted by atomic mass is 10.1. The Bertz CT molecular complexity index is 745.